The third kappa shape index (κ3) is 1.50. The van der Waals surface area contributed by atoms with Gasteiger partial charge in [-0.25, -0.2) is 0 Å². The van der Waals surface area contributed by atoms with Gasteiger partial charge in [-0.2, -0.15) is 0 Å². The number of nitrogens with two attached hydrogens (primary N) is 1. The predicted octanol–water partition coefficient (Wildman–Crippen LogP) is 0.370. The van der Waals surface area contributed by atoms with Crippen LogP contribution in [0.1, 0.15) is 12.8 Å². The van der Waals surface area contributed by atoms with Gasteiger partial charge in [-0.05, 0) is 12.8 Å². The van der Waals surface area contributed by atoms with Crippen LogP contribution in [0.3, 0.4) is 0 Å². The summed E-state index contributed by atoms with van der Waals surface area (Å²) in [5.74, 6) is 0.171. The van der Waals surface area contributed by atoms with E-state index in [1.54, 1.807) is 18.0 Å². The second-order valence-corrected chi connectivity index (χ2v) is 3.46. The highest BCUT2D eigenvalue weighted by atomic mass is 16.2. The quantitative estimate of drug-likeness (QED) is 0.616. The van der Waals surface area contributed by atoms with Crippen molar-refractivity contribution in [2.24, 2.45) is 11.1 Å². The van der Waals surface area contributed by atoms with E-state index in [-0.39, 0.29) is 11.3 Å². The summed E-state index contributed by atoms with van der Waals surface area (Å²) >= 11 is 0. The zero-order valence-electron chi connectivity index (χ0n) is 7.55. The molecule has 1 aliphatic rings. The molecule has 0 aliphatic heterocycles. The van der Waals surface area contributed by atoms with Crippen LogP contribution in [0.15, 0.2) is 12.7 Å². The van der Waals surface area contributed by atoms with Gasteiger partial charge in [0.25, 0.3) is 0 Å². The molecule has 0 heterocycles. The average molecular weight is 168 g/mol. The number of amides is 1. The highest BCUT2D eigenvalue weighted by Crippen LogP contribution is 2.45. The summed E-state index contributed by atoms with van der Waals surface area (Å²) in [7, 11) is 1.79. The van der Waals surface area contributed by atoms with E-state index in [9.17, 15) is 4.79 Å². The van der Waals surface area contributed by atoms with Crippen molar-refractivity contribution in [3.63, 3.8) is 0 Å². The van der Waals surface area contributed by atoms with Crippen molar-refractivity contribution in [2.75, 3.05) is 20.1 Å². The van der Waals surface area contributed by atoms with E-state index in [2.05, 4.69) is 6.58 Å². The molecule has 0 atom stereocenters. The molecule has 0 unspecified atom stereocenters. The molecule has 0 spiro atoms. The normalized spacial score (nSPS) is 18.5. The van der Waals surface area contributed by atoms with Crippen molar-refractivity contribution < 1.29 is 4.79 Å². The predicted molar refractivity (Wildman–Crippen MR) is 48.6 cm³/mol. The molecule has 1 aliphatic carbocycles. The Labute approximate surface area is 73.2 Å². The minimum absolute atomic E-state index is 0.171. The van der Waals surface area contributed by atoms with Crippen LogP contribution in [0.25, 0.3) is 0 Å². The number of hydrogen-bond donors (Lipinski definition) is 1. The molecule has 1 fully saturated rings. The average Bonchev–Trinajstić information content (AvgIpc) is 2.84. The topological polar surface area (TPSA) is 46.3 Å². The van der Waals surface area contributed by atoms with Crippen molar-refractivity contribution in [2.45, 2.75) is 12.8 Å². The molecular formula is C9H16N2O. The molecule has 1 rings (SSSR count). The molecule has 0 radical (unpaired) electrons. The maximum Gasteiger partial charge on any atom is 0.230 e. The summed E-state index contributed by atoms with van der Waals surface area (Å²) in [6, 6.07) is 0. The van der Waals surface area contributed by atoms with Gasteiger partial charge in [0.15, 0.2) is 0 Å². The van der Waals surface area contributed by atoms with Gasteiger partial charge in [-0.15, -0.1) is 6.58 Å². The first kappa shape index (κ1) is 9.26. The van der Waals surface area contributed by atoms with Crippen molar-refractivity contribution in [3.05, 3.63) is 12.7 Å². The molecule has 68 valence electrons. The summed E-state index contributed by atoms with van der Waals surface area (Å²) in [6.45, 7) is 4.68. The fraction of sp³-hybridized carbons (Fsp3) is 0.667. The number of hydrogen-bond acceptors (Lipinski definition) is 2. The van der Waals surface area contributed by atoms with Gasteiger partial charge in [0.2, 0.25) is 5.91 Å². The molecule has 3 heteroatoms. The second kappa shape index (κ2) is 3.27. The van der Waals surface area contributed by atoms with Crippen LogP contribution >= 0.6 is 0 Å². The highest BCUT2D eigenvalue weighted by Gasteiger charge is 2.49. The summed E-state index contributed by atoms with van der Waals surface area (Å²) in [5.41, 5.74) is 5.32. The Kier molecular flexibility index (Phi) is 2.52. The monoisotopic (exact) mass is 168 g/mol. The number of likely N-dealkylation sites (N-methyl/N-ethyl adjacent to an activating group) is 1. The van der Waals surface area contributed by atoms with E-state index in [4.69, 9.17) is 5.73 Å². The fourth-order valence-corrected chi connectivity index (χ4v) is 1.34. The first-order chi connectivity index (χ1) is 5.66. The molecule has 0 bridgehead atoms. The van der Waals surface area contributed by atoms with E-state index in [1.165, 1.54) is 0 Å². The van der Waals surface area contributed by atoms with Gasteiger partial charge in [0.1, 0.15) is 0 Å². The third-order valence-corrected chi connectivity index (χ3v) is 2.45. The van der Waals surface area contributed by atoms with Crippen LogP contribution in [0.5, 0.6) is 0 Å². The Morgan fingerprint density at radius 3 is 2.67 bits per heavy atom. The zero-order valence-corrected chi connectivity index (χ0v) is 7.55. The Balaban J connectivity index is 2.52. The largest absolute Gasteiger partial charge is 0.342 e. The maximum atomic E-state index is 11.6. The standard InChI is InChI=1S/C9H16N2O/c1-3-6-11(2)8(12)9(7-10)4-5-9/h3H,1,4-7,10H2,2H3. The van der Waals surface area contributed by atoms with Gasteiger partial charge in [0, 0.05) is 20.1 Å². The van der Waals surface area contributed by atoms with E-state index >= 15 is 0 Å². The number of carbonyl (C=O) groups excluding carboxylic acids is 1. The first-order valence-electron chi connectivity index (χ1n) is 4.23. The van der Waals surface area contributed by atoms with Crippen LogP contribution in [-0.4, -0.2) is 30.9 Å². The van der Waals surface area contributed by atoms with E-state index < -0.39 is 0 Å². The number of nitrogens with zero attached hydrogens (tertiary/aromatic N) is 1. The maximum absolute atomic E-state index is 11.6. The van der Waals surface area contributed by atoms with Crippen LogP contribution in [-0.2, 0) is 4.79 Å². The lowest BCUT2D eigenvalue weighted by Crippen LogP contribution is -2.38. The lowest BCUT2D eigenvalue weighted by molar-refractivity contribution is -0.134. The highest BCUT2D eigenvalue weighted by molar-refractivity contribution is 5.85. The lowest BCUT2D eigenvalue weighted by Gasteiger charge is -2.20. The second-order valence-electron chi connectivity index (χ2n) is 3.46. The van der Waals surface area contributed by atoms with E-state index in [1.807, 2.05) is 0 Å². The Morgan fingerprint density at radius 2 is 2.33 bits per heavy atom. The summed E-state index contributed by atoms with van der Waals surface area (Å²) < 4.78 is 0. The SMILES string of the molecule is C=CCN(C)C(=O)C1(CN)CC1. The fourth-order valence-electron chi connectivity index (χ4n) is 1.34. The molecule has 0 aromatic rings. The van der Waals surface area contributed by atoms with Crippen LogP contribution in [0.2, 0.25) is 0 Å². The van der Waals surface area contributed by atoms with Crippen LogP contribution in [0, 0.1) is 5.41 Å². The van der Waals surface area contributed by atoms with Crippen molar-refractivity contribution in [1.82, 2.24) is 4.90 Å². The summed E-state index contributed by atoms with van der Waals surface area (Å²) in [4.78, 5) is 13.3. The van der Waals surface area contributed by atoms with Crippen LogP contribution in [0.4, 0.5) is 0 Å². The molecular weight excluding hydrogens is 152 g/mol. The van der Waals surface area contributed by atoms with E-state index in [0.717, 1.165) is 12.8 Å². The van der Waals surface area contributed by atoms with Gasteiger partial charge in [-0.1, -0.05) is 6.08 Å². The number of carbonyl (C=O) groups is 1. The Bertz CT molecular complexity index is 197. The minimum Gasteiger partial charge on any atom is -0.342 e. The van der Waals surface area contributed by atoms with E-state index in [0.29, 0.717) is 13.1 Å². The van der Waals surface area contributed by atoms with Gasteiger partial charge >= 0.3 is 0 Å². The van der Waals surface area contributed by atoms with Gasteiger partial charge in [0.05, 0.1) is 5.41 Å². The Hall–Kier alpha value is -0.830. The Morgan fingerprint density at radius 1 is 1.75 bits per heavy atom. The van der Waals surface area contributed by atoms with Gasteiger partial charge < -0.3 is 10.6 Å². The van der Waals surface area contributed by atoms with Crippen LogP contribution < -0.4 is 5.73 Å². The van der Waals surface area contributed by atoms with Crippen molar-refractivity contribution >= 4 is 5.91 Å². The molecule has 2 N–H and O–H groups in total. The molecule has 0 aromatic heterocycles. The lowest BCUT2D eigenvalue weighted by atomic mass is 10.1. The zero-order chi connectivity index (χ0) is 9.19. The summed E-state index contributed by atoms with van der Waals surface area (Å²) in [5, 5.41) is 0. The molecule has 0 aromatic carbocycles. The summed E-state index contributed by atoms with van der Waals surface area (Å²) in [6.07, 6.45) is 3.62. The van der Waals surface area contributed by atoms with Crippen molar-refractivity contribution in [3.8, 4) is 0 Å². The van der Waals surface area contributed by atoms with Gasteiger partial charge in [-0.3, -0.25) is 4.79 Å². The number of rotatable bonds is 4. The molecule has 0 saturated heterocycles. The smallest absolute Gasteiger partial charge is 0.230 e. The molecule has 3 nitrogen and oxygen atoms in total. The first-order valence-corrected chi connectivity index (χ1v) is 4.23. The molecule has 1 saturated carbocycles. The van der Waals surface area contributed by atoms with Crippen molar-refractivity contribution in [1.29, 1.82) is 0 Å². The minimum atomic E-state index is -0.211. The molecule has 12 heavy (non-hydrogen) atoms. The third-order valence-electron chi connectivity index (χ3n) is 2.45. The molecule has 1 amide bonds.